The van der Waals surface area contributed by atoms with Crippen molar-refractivity contribution in [2.45, 2.75) is 13.5 Å². The lowest BCUT2D eigenvalue weighted by atomic mass is 10.1. The third kappa shape index (κ3) is 3.46. The molecule has 0 aliphatic carbocycles. The summed E-state index contributed by atoms with van der Waals surface area (Å²) in [5.41, 5.74) is 8.40. The van der Waals surface area contributed by atoms with Crippen LogP contribution in [0.1, 0.15) is 12.5 Å². The highest BCUT2D eigenvalue weighted by molar-refractivity contribution is 5.99. The predicted octanol–water partition coefficient (Wildman–Crippen LogP) is 4.93. The zero-order valence-corrected chi connectivity index (χ0v) is 18.0. The zero-order valence-electron chi connectivity index (χ0n) is 18.0. The highest BCUT2D eigenvalue weighted by Gasteiger charge is 2.16. The smallest absolute Gasteiger partial charge is 0.155 e. The maximum absolute atomic E-state index is 5.27. The molecule has 0 aliphatic rings. The topological polar surface area (TPSA) is 108 Å². The van der Waals surface area contributed by atoms with Crippen LogP contribution in [0.25, 0.3) is 55.7 Å². The van der Waals surface area contributed by atoms with Gasteiger partial charge in [0.2, 0.25) is 0 Å². The molecule has 8 nitrogen and oxygen atoms in total. The maximum Gasteiger partial charge on any atom is 0.155 e. The normalized spacial score (nSPS) is 11.5. The fraction of sp³-hybridized carbons (Fsp3) is 0.120. The Balaban J connectivity index is 1.44. The molecular formula is C25H21N7O. The molecule has 0 bridgehead atoms. The van der Waals surface area contributed by atoms with Crippen LogP contribution in [0, 0.1) is 0 Å². The molecule has 6 aromatic rings. The van der Waals surface area contributed by atoms with Crippen molar-refractivity contribution in [1.82, 2.24) is 35.5 Å². The van der Waals surface area contributed by atoms with Gasteiger partial charge in [0.05, 0.1) is 18.2 Å². The summed E-state index contributed by atoms with van der Waals surface area (Å²) >= 11 is 0. The van der Waals surface area contributed by atoms with Crippen molar-refractivity contribution in [3.05, 3.63) is 73.2 Å². The van der Waals surface area contributed by atoms with Gasteiger partial charge in [-0.1, -0.05) is 6.92 Å². The number of aromatic amines is 2. The summed E-state index contributed by atoms with van der Waals surface area (Å²) in [4.78, 5) is 16.9. The molecule has 0 amide bonds. The van der Waals surface area contributed by atoms with E-state index in [1.165, 1.54) is 0 Å². The van der Waals surface area contributed by atoms with Crippen LogP contribution in [0.15, 0.2) is 72.1 Å². The van der Waals surface area contributed by atoms with Crippen LogP contribution >= 0.6 is 0 Å². The third-order valence-corrected chi connectivity index (χ3v) is 5.74. The Morgan fingerprint density at radius 3 is 2.76 bits per heavy atom. The average Bonchev–Trinajstić information content (AvgIpc) is 3.61. The van der Waals surface area contributed by atoms with E-state index in [1.54, 1.807) is 18.7 Å². The molecule has 0 atom stereocenters. The number of hydrogen-bond acceptors (Lipinski definition) is 6. The van der Waals surface area contributed by atoms with Gasteiger partial charge in [0.25, 0.3) is 0 Å². The fourth-order valence-corrected chi connectivity index (χ4v) is 4.10. The molecule has 0 spiro atoms. The Morgan fingerprint density at radius 2 is 1.88 bits per heavy atom. The van der Waals surface area contributed by atoms with Gasteiger partial charge in [-0.3, -0.25) is 10.1 Å². The highest BCUT2D eigenvalue weighted by atomic mass is 16.3. The van der Waals surface area contributed by atoms with Crippen molar-refractivity contribution < 1.29 is 4.42 Å². The lowest BCUT2D eigenvalue weighted by molar-refractivity contribution is 0.568. The molecule has 0 aliphatic heterocycles. The Hall–Kier alpha value is -4.30. The first-order valence-corrected chi connectivity index (χ1v) is 10.8. The van der Waals surface area contributed by atoms with Crippen LogP contribution in [0.4, 0.5) is 0 Å². The van der Waals surface area contributed by atoms with Gasteiger partial charge in [-0.05, 0) is 48.0 Å². The molecule has 6 aromatic heterocycles. The first kappa shape index (κ1) is 19.4. The van der Waals surface area contributed by atoms with Gasteiger partial charge in [0.15, 0.2) is 5.65 Å². The summed E-state index contributed by atoms with van der Waals surface area (Å²) in [6, 6.07) is 10.2. The number of aromatic nitrogens is 6. The quantitative estimate of drug-likeness (QED) is 0.342. The van der Waals surface area contributed by atoms with Gasteiger partial charge >= 0.3 is 0 Å². The molecule has 0 fully saturated rings. The summed E-state index contributed by atoms with van der Waals surface area (Å²) in [5, 5.41) is 12.9. The predicted molar refractivity (Wildman–Crippen MR) is 127 cm³/mol. The van der Waals surface area contributed by atoms with Crippen molar-refractivity contribution in [2.24, 2.45) is 0 Å². The van der Waals surface area contributed by atoms with E-state index >= 15 is 0 Å². The van der Waals surface area contributed by atoms with E-state index in [0.29, 0.717) is 0 Å². The third-order valence-electron chi connectivity index (χ3n) is 5.74. The number of rotatable bonds is 6. The van der Waals surface area contributed by atoms with Gasteiger partial charge in [-0.2, -0.15) is 5.10 Å². The van der Waals surface area contributed by atoms with E-state index in [4.69, 9.17) is 4.42 Å². The summed E-state index contributed by atoms with van der Waals surface area (Å²) in [6.07, 6.45) is 10.8. The molecule has 0 radical (unpaired) electrons. The van der Waals surface area contributed by atoms with Gasteiger partial charge in [-0.15, -0.1) is 0 Å². The van der Waals surface area contributed by atoms with Crippen molar-refractivity contribution in [3.8, 4) is 33.6 Å². The van der Waals surface area contributed by atoms with Crippen LogP contribution in [0.3, 0.4) is 0 Å². The molecule has 0 saturated carbocycles. The number of hydrogen-bond donors (Lipinski definition) is 3. The molecule has 162 valence electrons. The van der Waals surface area contributed by atoms with E-state index in [-0.39, 0.29) is 0 Å². The van der Waals surface area contributed by atoms with Crippen molar-refractivity contribution in [2.75, 3.05) is 6.54 Å². The van der Waals surface area contributed by atoms with Crippen LogP contribution < -0.4 is 5.32 Å². The fourth-order valence-electron chi connectivity index (χ4n) is 4.10. The second-order valence-corrected chi connectivity index (χ2v) is 7.87. The number of furan rings is 1. The first-order valence-electron chi connectivity index (χ1n) is 10.8. The van der Waals surface area contributed by atoms with Crippen molar-refractivity contribution >= 4 is 22.1 Å². The second-order valence-electron chi connectivity index (χ2n) is 7.87. The Kier molecular flexibility index (Phi) is 4.70. The SMILES string of the molecule is CCNCc1cncc(-c2cnc3[nH]nc(-c4cc5c(-c6ccoc6)ccnc5[nH]4)c3c2)c1. The number of fused-ring (bicyclic) bond motifs is 2. The first-order chi connectivity index (χ1) is 16.3. The largest absolute Gasteiger partial charge is 0.472 e. The molecule has 3 N–H and O–H groups in total. The summed E-state index contributed by atoms with van der Waals surface area (Å²) < 4.78 is 5.27. The van der Waals surface area contributed by atoms with Gasteiger partial charge < -0.3 is 14.7 Å². The number of pyridine rings is 3. The highest BCUT2D eigenvalue weighted by Crippen LogP contribution is 2.34. The van der Waals surface area contributed by atoms with Gasteiger partial charge in [0, 0.05) is 58.8 Å². The van der Waals surface area contributed by atoms with Crippen LogP contribution in [0.2, 0.25) is 0 Å². The van der Waals surface area contributed by atoms with Crippen molar-refractivity contribution in [1.29, 1.82) is 0 Å². The summed E-state index contributed by atoms with van der Waals surface area (Å²) in [6.45, 7) is 3.79. The minimum absolute atomic E-state index is 0.729. The van der Waals surface area contributed by atoms with Gasteiger partial charge in [-0.25, -0.2) is 9.97 Å². The maximum atomic E-state index is 5.27. The lowest BCUT2D eigenvalue weighted by Gasteiger charge is -2.05. The Labute approximate surface area is 189 Å². The molecule has 6 heterocycles. The van der Waals surface area contributed by atoms with E-state index in [0.717, 1.165) is 74.4 Å². The summed E-state index contributed by atoms with van der Waals surface area (Å²) in [7, 11) is 0. The lowest BCUT2D eigenvalue weighted by Crippen LogP contribution is -2.11. The molecule has 0 aromatic carbocycles. The van der Waals surface area contributed by atoms with E-state index in [9.17, 15) is 0 Å². The monoisotopic (exact) mass is 435 g/mol. The molecule has 0 saturated heterocycles. The molecular weight excluding hydrogens is 414 g/mol. The van der Waals surface area contributed by atoms with Crippen LogP contribution in [0.5, 0.6) is 0 Å². The van der Waals surface area contributed by atoms with E-state index in [2.05, 4.69) is 60.6 Å². The number of H-pyrrole nitrogens is 2. The number of nitrogens with one attached hydrogen (secondary N) is 3. The molecule has 6 rings (SSSR count). The minimum atomic E-state index is 0.729. The summed E-state index contributed by atoms with van der Waals surface area (Å²) in [5.74, 6) is 0. The minimum Gasteiger partial charge on any atom is -0.472 e. The van der Waals surface area contributed by atoms with Gasteiger partial charge in [0.1, 0.15) is 11.3 Å². The van der Waals surface area contributed by atoms with Crippen LogP contribution in [-0.2, 0) is 6.54 Å². The standard InChI is InChI=1S/C25H21N7O/c1-2-26-10-15-7-17(12-27-11-15)18-8-21-23(31-32-25(21)29-13-18)22-9-20-19(16-4-6-33-14-16)3-5-28-24(20)30-22/h3-9,11-14,26H,2,10H2,1H3,(H,28,30)(H,29,31,32). The van der Waals surface area contributed by atoms with Crippen molar-refractivity contribution in [3.63, 3.8) is 0 Å². The van der Waals surface area contributed by atoms with Crippen LogP contribution in [-0.4, -0.2) is 36.7 Å². The Morgan fingerprint density at radius 1 is 0.939 bits per heavy atom. The van der Waals surface area contributed by atoms with E-state index < -0.39 is 0 Å². The molecule has 33 heavy (non-hydrogen) atoms. The second kappa shape index (κ2) is 7.99. The number of nitrogens with zero attached hydrogens (tertiary/aromatic N) is 4. The van der Waals surface area contributed by atoms with E-state index in [1.807, 2.05) is 30.7 Å². The molecule has 0 unspecified atom stereocenters. The molecule has 8 heteroatoms. The average molecular weight is 435 g/mol. The zero-order chi connectivity index (χ0) is 22.2. The Bertz CT molecular complexity index is 1560.